The molecule has 0 aromatic rings. The molecular formula is C69H127NO8P+. The van der Waals surface area contributed by atoms with Crippen LogP contribution in [-0.4, -0.2) is 74.9 Å². The van der Waals surface area contributed by atoms with Crippen LogP contribution in [0.15, 0.2) is 72.9 Å². The van der Waals surface area contributed by atoms with Gasteiger partial charge in [0.2, 0.25) is 0 Å². The summed E-state index contributed by atoms with van der Waals surface area (Å²) in [6.07, 6.45) is 80.2. The van der Waals surface area contributed by atoms with Gasteiger partial charge in [-0.2, -0.15) is 0 Å². The molecule has 0 aromatic heterocycles. The summed E-state index contributed by atoms with van der Waals surface area (Å²) in [6.45, 7) is 4.33. The van der Waals surface area contributed by atoms with Crippen molar-refractivity contribution in [2.24, 2.45) is 0 Å². The molecule has 2 atom stereocenters. The van der Waals surface area contributed by atoms with Crippen LogP contribution in [0.25, 0.3) is 0 Å². The number of hydrogen-bond acceptors (Lipinski definition) is 7. The first-order valence-electron chi connectivity index (χ1n) is 33.2. The van der Waals surface area contributed by atoms with Crippen molar-refractivity contribution in [2.45, 2.75) is 309 Å². The fourth-order valence-corrected chi connectivity index (χ4v) is 10.1. The molecule has 1 N–H and O–H groups in total. The highest BCUT2D eigenvalue weighted by atomic mass is 31.2. The van der Waals surface area contributed by atoms with Crippen molar-refractivity contribution in [3.8, 4) is 0 Å². The van der Waals surface area contributed by atoms with E-state index < -0.39 is 26.5 Å². The molecule has 0 heterocycles. The van der Waals surface area contributed by atoms with E-state index in [9.17, 15) is 19.0 Å². The van der Waals surface area contributed by atoms with Crippen molar-refractivity contribution in [1.82, 2.24) is 0 Å². The molecule has 0 amide bonds. The van der Waals surface area contributed by atoms with E-state index in [1.807, 2.05) is 21.1 Å². The summed E-state index contributed by atoms with van der Waals surface area (Å²) in [5.74, 6) is -0.796. The lowest BCUT2D eigenvalue weighted by Crippen LogP contribution is -2.37. The largest absolute Gasteiger partial charge is 0.472 e. The second kappa shape index (κ2) is 60.1. The molecule has 79 heavy (non-hydrogen) atoms. The van der Waals surface area contributed by atoms with Gasteiger partial charge in [-0.15, -0.1) is 0 Å². The Bertz CT molecular complexity index is 1560. The highest BCUT2D eigenvalue weighted by Crippen LogP contribution is 2.43. The van der Waals surface area contributed by atoms with Crippen LogP contribution in [-0.2, 0) is 32.7 Å². The SMILES string of the molecule is CC/C=C\C/C=C\C/C=C\C/C=C\C/C=C\CCCCCCCCCCCCCCCCCCCCCCCCCCCC(=O)OC(COC(=O)CCCCCCC/C=C\CCCCCCC)COP(=O)(O)OCC[N+](C)(C)C. The Labute approximate surface area is 489 Å². The molecule has 0 rings (SSSR count). The number of ether oxygens (including phenoxy) is 2. The monoisotopic (exact) mass is 1130 g/mol. The minimum atomic E-state index is -4.39. The minimum Gasteiger partial charge on any atom is -0.462 e. The van der Waals surface area contributed by atoms with E-state index >= 15 is 0 Å². The predicted octanol–water partition coefficient (Wildman–Crippen LogP) is 21.2. The van der Waals surface area contributed by atoms with E-state index in [2.05, 4.69) is 86.8 Å². The van der Waals surface area contributed by atoms with Gasteiger partial charge in [-0.25, -0.2) is 4.57 Å². The van der Waals surface area contributed by atoms with Crippen LogP contribution in [0.4, 0.5) is 0 Å². The molecule has 0 aliphatic heterocycles. The first-order valence-corrected chi connectivity index (χ1v) is 34.7. The van der Waals surface area contributed by atoms with E-state index in [0.29, 0.717) is 17.4 Å². The number of rotatable bonds is 61. The van der Waals surface area contributed by atoms with Gasteiger partial charge in [0.25, 0.3) is 0 Å². The molecule has 9 nitrogen and oxygen atoms in total. The van der Waals surface area contributed by atoms with Crippen molar-refractivity contribution >= 4 is 19.8 Å². The zero-order valence-corrected chi connectivity index (χ0v) is 53.2. The van der Waals surface area contributed by atoms with Crippen molar-refractivity contribution in [3.63, 3.8) is 0 Å². The summed E-state index contributed by atoms with van der Waals surface area (Å²) in [7, 11) is 1.48. The third-order valence-corrected chi connectivity index (χ3v) is 15.5. The van der Waals surface area contributed by atoms with Crippen LogP contribution in [0.1, 0.15) is 303 Å². The first-order chi connectivity index (χ1) is 38.5. The summed E-state index contributed by atoms with van der Waals surface area (Å²) in [5, 5.41) is 0. The van der Waals surface area contributed by atoms with Crippen LogP contribution >= 0.6 is 7.82 Å². The lowest BCUT2D eigenvalue weighted by Gasteiger charge is -2.24. The molecule has 0 radical (unpaired) electrons. The topological polar surface area (TPSA) is 108 Å². The van der Waals surface area contributed by atoms with E-state index in [-0.39, 0.29) is 32.0 Å². The highest BCUT2D eigenvalue weighted by molar-refractivity contribution is 7.47. The van der Waals surface area contributed by atoms with Crippen LogP contribution in [0.5, 0.6) is 0 Å². The van der Waals surface area contributed by atoms with Crippen LogP contribution < -0.4 is 0 Å². The van der Waals surface area contributed by atoms with E-state index in [0.717, 1.165) is 83.5 Å². The molecule has 460 valence electrons. The van der Waals surface area contributed by atoms with Gasteiger partial charge in [0.1, 0.15) is 19.8 Å². The summed E-state index contributed by atoms with van der Waals surface area (Å²) in [4.78, 5) is 35.7. The molecule has 0 aliphatic carbocycles. The summed E-state index contributed by atoms with van der Waals surface area (Å²) in [6, 6.07) is 0. The molecule has 0 saturated heterocycles. The standard InChI is InChI=1S/C69H126NO8P/c1-6-8-10-12-14-16-18-20-22-23-24-25-26-27-28-29-30-31-32-33-34-35-36-37-38-39-40-41-42-43-44-45-46-47-48-50-52-54-56-58-60-62-69(72)78-67(66-77-79(73,74)76-64-63-70(3,4)5)65-75-68(71)61-59-57-55-53-51-49-21-19-17-15-13-11-9-7-2/h8,10,14,16,19-22,24-25,27-28,67H,6-7,9,11-13,15,17-18,23,26,29-66H2,1-5H3/p+1/b10-8-,16-14-,21-19-,22-20-,25-24-,28-27-. The van der Waals surface area contributed by atoms with Gasteiger partial charge in [-0.1, -0.05) is 279 Å². The van der Waals surface area contributed by atoms with Gasteiger partial charge >= 0.3 is 19.8 Å². The number of esters is 2. The molecule has 0 spiro atoms. The van der Waals surface area contributed by atoms with Gasteiger partial charge in [0.15, 0.2) is 6.10 Å². The molecule has 0 saturated carbocycles. The lowest BCUT2D eigenvalue weighted by atomic mass is 10.0. The second-order valence-electron chi connectivity index (χ2n) is 23.5. The number of phosphoric ester groups is 1. The van der Waals surface area contributed by atoms with E-state index in [4.69, 9.17) is 18.5 Å². The molecule has 0 aromatic carbocycles. The number of phosphoric acid groups is 1. The van der Waals surface area contributed by atoms with Gasteiger partial charge in [-0.3, -0.25) is 18.6 Å². The molecular weight excluding hydrogens is 1000 g/mol. The quantitative estimate of drug-likeness (QED) is 0.0211. The normalized spacial score (nSPS) is 13.6. The van der Waals surface area contributed by atoms with Crippen molar-refractivity contribution in [3.05, 3.63) is 72.9 Å². The number of unbranched alkanes of at least 4 members (excludes halogenated alkanes) is 35. The number of quaternary nitrogens is 1. The fourth-order valence-electron chi connectivity index (χ4n) is 9.39. The minimum absolute atomic E-state index is 0.0313. The van der Waals surface area contributed by atoms with Crippen LogP contribution in [0, 0.1) is 0 Å². The third kappa shape index (κ3) is 64.5. The number of carbonyl (C=O) groups excluding carboxylic acids is 2. The van der Waals surface area contributed by atoms with Crippen molar-refractivity contribution in [1.29, 1.82) is 0 Å². The Morgan fingerprint density at radius 2 is 0.722 bits per heavy atom. The maximum atomic E-state index is 12.8. The average Bonchev–Trinajstić information content (AvgIpc) is 3.41. The summed E-state index contributed by atoms with van der Waals surface area (Å²) in [5.41, 5.74) is 0. The zero-order valence-electron chi connectivity index (χ0n) is 52.4. The zero-order chi connectivity index (χ0) is 57.7. The van der Waals surface area contributed by atoms with Gasteiger partial charge in [-0.05, 0) is 83.5 Å². The summed E-state index contributed by atoms with van der Waals surface area (Å²) < 4.78 is 34.6. The number of likely N-dealkylation sites (N-methyl/N-ethyl adjacent to an activating group) is 1. The van der Waals surface area contributed by atoms with Crippen molar-refractivity contribution in [2.75, 3.05) is 47.5 Å². The number of nitrogens with zero attached hydrogens (tertiary/aromatic N) is 1. The number of hydrogen-bond donors (Lipinski definition) is 1. The Balaban J connectivity index is 3.88. The smallest absolute Gasteiger partial charge is 0.462 e. The van der Waals surface area contributed by atoms with Gasteiger partial charge < -0.3 is 18.9 Å². The Morgan fingerprint density at radius 3 is 1.09 bits per heavy atom. The van der Waals surface area contributed by atoms with Gasteiger partial charge in [0.05, 0.1) is 27.7 Å². The Hall–Kier alpha value is -2.55. The first kappa shape index (κ1) is 76.5. The van der Waals surface area contributed by atoms with E-state index in [1.54, 1.807) is 0 Å². The molecule has 0 fully saturated rings. The maximum Gasteiger partial charge on any atom is 0.472 e. The highest BCUT2D eigenvalue weighted by Gasteiger charge is 2.27. The Morgan fingerprint density at radius 1 is 0.405 bits per heavy atom. The van der Waals surface area contributed by atoms with Gasteiger partial charge in [0, 0.05) is 12.8 Å². The molecule has 0 aliphatic rings. The van der Waals surface area contributed by atoms with Crippen molar-refractivity contribution < 1.29 is 42.1 Å². The van der Waals surface area contributed by atoms with Crippen LogP contribution in [0.3, 0.4) is 0 Å². The third-order valence-electron chi connectivity index (χ3n) is 14.5. The van der Waals surface area contributed by atoms with E-state index in [1.165, 1.54) is 186 Å². The number of allylic oxidation sites excluding steroid dienone is 12. The molecule has 10 heteroatoms. The molecule has 0 bridgehead atoms. The lowest BCUT2D eigenvalue weighted by molar-refractivity contribution is -0.870. The second-order valence-corrected chi connectivity index (χ2v) is 24.9. The number of carbonyl (C=O) groups is 2. The Kier molecular flexibility index (Phi) is 58.1. The molecule has 2 unspecified atom stereocenters. The fraction of sp³-hybridized carbons (Fsp3) is 0.797. The predicted molar refractivity (Wildman–Crippen MR) is 339 cm³/mol. The van der Waals surface area contributed by atoms with Crippen LogP contribution in [0.2, 0.25) is 0 Å². The maximum absolute atomic E-state index is 12.8. The summed E-state index contributed by atoms with van der Waals surface area (Å²) >= 11 is 0. The average molecular weight is 1130 g/mol.